The van der Waals surface area contributed by atoms with E-state index in [4.69, 9.17) is 0 Å². The molecule has 0 spiro atoms. The lowest BCUT2D eigenvalue weighted by atomic mass is 10.2. The number of aromatic nitrogens is 3. The predicted octanol–water partition coefficient (Wildman–Crippen LogP) is 4.06. The summed E-state index contributed by atoms with van der Waals surface area (Å²) in [4.78, 5) is 6.68. The van der Waals surface area contributed by atoms with Crippen molar-refractivity contribution in [3.8, 4) is 5.69 Å². The molecule has 0 amide bonds. The van der Waals surface area contributed by atoms with Crippen LogP contribution >= 0.6 is 0 Å². The van der Waals surface area contributed by atoms with Crippen LogP contribution < -0.4 is 10.2 Å². The van der Waals surface area contributed by atoms with Crippen LogP contribution in [0.1, 0.15) is 18.4 Å². The highest BCUT2D eigenvalue weighted by Crippen LogP contribution is 2.26. The lowest BCUT2D eigenvalue weighted by Crippen LogP contribution is -2.17. The average molecular weight is 337 g/mol. The lowest BCUT2D eigenvalue weighted by Gasteiger charge is -2.19. The monoisotopic (exact) mass is 337 g/mol. The van der Waals surface area contributed by atoms with Crippen molar-refractivity contribution in [1.29, 1.82) is 0 Å². The number of hydrogen-bond acceptors (Lipinski definition) is 4. The van der Waals surface area contributed by atoms with Gasteiger partial charge in [0.15, 0.2) is 0 Å². The maximum Gasteiger partial charge on any atom is 0.246 e. The van der Waals surface area contributed by atoms with Crippen molar-refractivity contribution >= 4 is 17.3 Å². The van der Waals surface area contributed by atoms with Crippen molar-refractivity contribution in [1.82, 2.24) is 14.8 Å². The number of nitrogens with zero attached hydrogens (tertiary/aromatic N) is 4. The first kappa shape index (κ1) is 15.6. The van der Waals surface area contributed by atoms with Crippen LogP contribution in [0.15, 0.2) is 48.8 Å². The fourth-order valence-electron chi connectivity index (χ4n) is 3.19. The molecule has 3 aromatic rings. The van der Waals surface area contributed by atoms with Crippen LogP contribution in [-0.4, -0.2) is 27.9 Å². The summed E-state index contributed by atoms with van der Waals surface area (Å²) < 4.78 is 14.9. The minimum absolute atomic E-state index is 0.295. The number of anilines is 3. The standard InChI is InChI=1S/C19H20FN5/c1-14-9-16(12-18(10-14)24-7-2-3-8-24)22-19-21-13-25(23-19)17-6-4-5-15(20)11-17/h4-6,9-13H,2-3,7-8H2,1H3,(H,22,23). The molecule has 1 saturated heterocycles. The molecule has 1 aliphatic rings. The molecule has 2 heterocycles. The highest BCUT2D eigenvalue weighted by molar-refractivity contribution is 5.64. The Kier molecular flexibility index (Phi) is 4.09. The van der Waals surface area contributed by atoms with E-state index in [9.17, 15) is 4.39 Å². The first-order valence-electron chi connectivity index (χ1n) is 8.49. The van der Waals surface area contributed by atoms with Crippen LogP contribution in [0.2, 0.25) is 0 Å². The second kappa shape index (κ2) is 6.55. The molecule has 2 aromatic carbocycles. The van der Waals surface area contributed by atoms with E-state index in [0.29, 0.717) is 11.6 Å². The smallest absolute Gasteiger partial charge is 0.246 e. The summed E-state index contributed by atoms with van der Waals surface area (Å²) in [6.45, 7) is 4.30. The zero-order valence-electron chi connectivity index (χ0n) is 14.1. The van der Waals surface area contributed by atoms with Gasteiger partial charge in [0.05, 0.1) is 5.69 Å². The molecule has 0 aliphatic carbocycles. The van der Waals surface area contributed by atoms with Crippen molar-refractivity contribution in [3.05, 3.63) is 60.2 Å². The summed E-state index contributed by atoms with van der Waals surface area (Å²) in [7, 11) is 0. The first-order valence-corrected chi connectivity index (χ1v) is 8.49. The Bertz CT molecular complexity index is 883. The molecule has 1 N–H and O–H groups in total. The van der Waals surface area contributed by atoms with Gasteiger partial charge in [-0.1, -0.05) is 6.07 Å². The Balaban J connectivity index is 1.56. The largest absolute Gasteiger partial charge is 0.371 e. The van der Waals surface area contributed by atoms with E-state index in [0.717, 1.165) is 18.8 Å². The lowest BCUT2D eigenvalue weighted by molar-refractivity contribution is 0.625. The van der Waals surface area contributed by atoms with Crippen LogP contribution in [0.3, 0.4) is 0 Å². The van der Waals surface area contributed by atoms with Crippen LogP contribution in [0.5, 0.6) is 0 Å². The van der Waals surface area contributed by atoms with Gasteiger partial charge in [-0.3, -0.25) is 0 Å². The maximum atomic E-state index is 13.4. The molecule has 1 fully saturated rings. The minimum Gasteiger partial charge on any atom is -0.371 e. The Hall–Kier alpha value is -2.89. The zero-order chi connectivity index (χ0) is 17.2. The van der Waals surface area contributed by atoms with E-state index in [-0.39, 0.29) is 5.82 Å². The fraction of sp³-hybridized carbons (Fsp3) is 0.263. The molecule has 25 heavy (non-hydrogen) atoms. The molecule has 6 heteroatoms. The predicted molar refractivity (Wildman–Crippen MR) is 97.2 cm³/mol. The van der Waals surface area contributed by atoms with Crippen LogP contribution in [0.4, 0.5) is 21.7 Å². The maximum absolute atomic E-state index is 13.4. The first-order chi connectivity index (χ1) is 12.2. The molecule has 0 unspecified atom stereocenters. The normalized spacial score (nSPS) is 14.1. The molecule has 5 nitrogen and oxygen atoms in total. The van der Waals surface area contributed by atoms with Gasteiger partial charge in [-0.2, -0.15) is 4.98 Å². The van der Waals surface area contributed by atoms with Crippen LogP contribution in [0, 0.1) is 12.7 Å². The topological polar surface area (TPSA) is 46.0 Å². The van der Waals surface area contributed by atoms with Gasteiger partial charge < -0.3 is 10.2 Å². The SMILES string of the molecule is Cc1cc(Nc2ncn(-c3cccc(F)c3)n2)cc(N2CCCC2)c1. The second-order valence-corrected chi connectivity index (χ2v) is 6.37. The highest BCUT2D eigenvalue weighted by atomic mass is 19.1. The summed E-state index contributed by atoms with van der Waals surface area (Å²) in [5, 5.41) is 7.64. The number of nitrogens with one attached hydrogen (secondary N) is 1. The molecule has 4 rings (SSSR count). The number of benzene rings is 2. The van der Waals surface area contributed by atoms with Gasteiger partial charge in [0.2, 0.25) is 5.95 Å². The van der Waals surface area contributed by atoms with Gasteiger partial charge in [0, 0.05) is 24.5 Å². The van der Waals surface area contributed by atoms with E-state index in [2.05, 4.69) is 45.4 Å². The van der Waals surface area contributed by atoms with Gasteiger partial charge in [-0.25, -0.2) is 9.07 Å². The summed E-state index contributed by atoms with van der Waals surface area (Å²) in [5.41, 5.74) is 4.02. The van der Waals surface area contributed by atoms with Gasteiger partial charge in [-0.05, 0) is 61.7 Å². The van der Waals surface area contributed by atoms with Gasteiger partial charge in [-0.15, -0.1) is 5.10 Å². The van der Waals surface area contributed by atoms with Crippen molar-refractivity contribution in [2.45, 2.75) is 19.8 Å². The van der Waals surface area contributed by atoms with Gasteiger partial charge >= 0.3 is 0 Å². The third-order valence-corrected chi connectivity index (χ3v) is 4.35. The fourth-order valence-corrected chi connectivity index (χ4v) is 3.19. The van der Waals surface area contributed by atoms with E-state index in [1.54, 1.807) is 23.1 Å². The second-order valence-electron chi connectivity index (χ2n) is 6.37. The molecule has 0 atom stereocenters. The summed E-state index contributed by atoms with van der Waals surface area (Å²) in [6.07, 6.45) is 4.07. The van der Waals surface area contributed by atoms with E-state index >= 15 is 0 Å². The third kappa shape index (κ3) is 3.47. The molecule has 0 radical (unpaired) electrons. The Morgan fingerprint density at radius 3 is 2.68 bits per heavy atom. The average Bonchev–Trinajstić information content (AvgIpc) is 3.26. The Labute approximate surface area is 146 Å². The van der Waals surface area contributed by atoms with Crippen molar-refractivity contribution in [3.63, 3.8) is 0 Å². The van der Waals surface area contributed by atoms with Gasteiger partial charge in [0.1, 0.15) is 12.1 Å². The Morgan fingerprint density at radius 1 is 1.04 bits per heavy atom. The molecule has 0 bridgehead atoms. The van der Waals surface area contributed by atoms with Crippen molar-refractivity contribution < 1.29 is 4.39 Å². The number of aryl methyl sites for hydroxylation is 1. The summed E-state index contributed by atoms with van der Waals surface area (Å²) in [6, 6.07) is 12.7. The number of hydrogen-bond donors (Lipinski definition) is 1. The molecular formula is C19H20FN5. The highest BCUT2D eigenvalue weighted by Gasteiger charge is 2.13. The minimum atomic E-state index is -0.295. The quantitative estimate of drug-likeness (QED) is 0.780. The molecule has 128 valence electrons. The molecular weight excluding hydrogens is 317 g/mol. The third-order valence-electron chi connectivity index (χ3n) is 4.35. The van der Waals surface area contributed by atoms with E-state index < -0.39 is 0 Å². The van der Waals surface area contributed by atoms with E-state index in [1.807, 2.05) is 0 Å². The van der Waals surface area contributed by atoms with Gasteiger partial charge in [0.25, 0.3) is 0 Å². The van der Waals surface area contributed by atoms with E-state index in [1.165, 1.54) is 36.2 Å². The number of halogens is 1. The van der Waals surface area contributed by atoms with Crippen molar-refractivity contribution in [2.75, 3.05) is 23.3 Å². The van der Waals surface area contributed by atoms with Crippen LogP contribution in [-0.2, 0) is 0 Å². The van der Waals surface area contributed by atoms with Crippen molar-refractivity contribution in [2.24, 2.45) is 0 Å². The number of rotatable bonds is 4. The summed E-state index contributed by atoms with van der Waals surface area (Å²) in [5.74, 6) is 0.193. The zero-order valence-corrected chi connectivity index (χ0v) is 14.1. The summed E-state index contributed by atoms with van der Waals surface area (Å²) >= 11 is 0. The molecule has 1 aliphatic heterocycles. The van der Waals surface area contributed by atoms with Crippen LogP contribution in [0.25, 0.3) is 5.69 Å². The molecule has 1 aromatic heterocycles. The molecule has 0 saturated carbocycles. The Morgan fingerprint density at radius 2 is 1.88 bits per heavy atom.